The van der Waals surface area contributed by atoms with Gasteiger partial charge in [-0.2, -0.15) is 0 Å². The maximum atomic E-state index is 12.9. The molecule has 2 aromatic carbocycles. The molecule has 2 aliphatic rings. The van der Waals surface area contributed by atoms with Gasteiger partial charge in [0.2, 0.25) is 12.0 Å². The molecular formula is C17H9BrCl2N2O3. The minimum absolute atomic E-state index is 0.320. The van der Waals surface area contributed by atoms with Gasteiger partial charge in [0.15, 0.2) is 0 Å². The van der Waals surface area contributed by atoms with Crippen molar-refractivity contribution in [3.8, 4) is 0 Å². The van der Waals surface area contributed by atoms with E-state index < -0.39 is 23.8 Å². The summed E-state index contributed by atoms with van der Waals surface area (Å²) in [6.07, 6.45) is -0.969. The highest BCUT2D eigenvalue weighted by Crippen LogP contribution is 2.37. The Kier molecular flexibility index (Phi) is 4.06. The van der Waals surface area contributed by atoms with Crippen LogP contribution in [0.15, 0.2) is 52.1 Å². The van der Waals surface area contributed by atoms with E-state index in [-0.39, 0.29) is 0 Å². The molecule has 0 unspecified atom stereocenters. The third kappa shape index (κ3) is 2.74. The number of oxime groups is 1. The summed E-state index contributed by atoms with van der Waals surface area (Å²) in [4.78, 5) is 31.9. The second kappa shape index (κ2) is 6.12. The molecule has 25 heavy (non-hydrogen) atoms. The van der Waals surface area contributed by atoms with E-state index >= 15 is 0 Å². The predicted molar refractivity (Wildman–Crippen MR) is 98.0 cm³/mol. The molecule has 1 fully saturated rings. The third-order valence-electron chi connectivity index (χ3n) is 4.06. The zero-order valence-electron chi connectivity index (χ0n) is 12.4. The lowest BCUT2D eigenvalue weighted by Crippen LogP contribution is -2.33. The van der Waals surface area contributed by atoms with Crippen molar-refractivity contribution in [1.82, 2.24) is 0 Å². The van der Waals surface area contributed by atoms with Crippen LogP contribution in [0.25, 0.3) is 0 Å². The number of rotatable bonds is 2. The second-order valence-corrected chi connectivity index (χ2v) is 7.42. The molecule has 2 aliphatic heterocycles. The quantitative estimate of drug-likeness (QED) is 0.663. The molecule has 2 atom stereocenters. The van der Waals surface area contributed by atoms with Crippen LogP contribution in [0.4, 0.5) is 5.69 Å². The first-order chi connectivity index (χ1) is 12.0. The van der Waals surface area contributed by atoms with Crippen LogP contribution in [0.2, 0.25) is 10.0 Å². The molecule has 0 aromatic heterocycles. The molecule has 2 aromatic rings. The van der Waals surface area contributed by atoms with Gasteiger partial charge in [0.25, 0.3) is 5.91 Å². The number of imide groups is 1. The fourth-order valence-corrected chi connectivity index (χ4v) is 3.74. The number of hydrogen-bond donors (Lipinski definition) is 0. The number of halogens is 3. The number of carbonyl (C=O) groups excluding carboxylic acids is 2. The highest BCUT2D eigenvalue weighted by molar-refractivity contribution is 9.10. The Morgan fingerprint density at radius 1 is 1.00 bits per heavy atom. The van der Waals surface area contributed by atoms with E-state index in [9.17, 15) is 9.59 Å². The van der Waals surface area contributed by atoms with E-state index in [4.69, 9.17) is 28.0 Å². The Morgan fingerprint density at radius 2 is 1.64 bits per heavy atom. The number of fused-ring (bicyclic) bond motifs is 1. The van der Waals surface area contributed by atoms with Crippen molar-refractivity contribution < 1.29 is 14.4 Å². The van der Waals surface area contributed by atoms with Crippen molar-refractivity contribution >= 4 is 62.3 Å². The Morgan fingerprint density at radius 3 is 2.28 bits per heavy atom. The third-order valence-corrected chi connectivity index (χ3v) is 5.02. The summed E-state index contributed by atoms with van der Waals surface area (Å²) in [6.45, 7) is 0. The van der Waals surface area contributed by atoms with E-state index in [0.29, 0.717) is 21.4 Å². The first-order valence-corrected chi connectivity index (χ1v) is 8.84. The molecule has 0 bridgehead atoms. The minimum atomic E-state index is -0.969. The van der Waals surface area contributed by atoms with Crippen LogP contribution < -0.4 is 4.90 Å². The first-order valence-electron chi connectivity index (χ1n) is 7.29. The van der Waals surface area contributed by atoms with Crippen LogP contribution >= 0.6 is 39.1 Å². The predicted octanol–water partition coefficient (Wildman–Crippen LogP) is 4.05. The van der Waals surface area contributed by atoms with E-state index in [2.05, 4.69) is 21.1 Å². The van der Waals surface area contributed by atoms with Gasteiger partial charge in [0, 0.05) is 20.1 Å². The molecule has 0 saturated carbocycles. The number of hydrogen-bond acceptors (Lipinski definition) is 4. The molecule has 4 rings (SSSR count). The van der Waals surface area contributed by atoms with E-state index in [1.807, 2.05) is 24.3 Å². The summed E-state index contributed by atoms with van der Waals surface area (Å²) in [5.41, 5.74) is 1.48. The van der Waals surface area contributed by atoms with Gasteiger partial charge in [-0.05, 0) is 30.3 Å². The molecule has 126 valence electrons. The first kappa shape index (κ1) is 16.6. The van der Waals surface area contributed by atoms with Crippen LogP contribution in [0.5, 0.6) is 0 Å². The Hall–Kier alpha value is -1.89. The number of anilines is 1. The van der Waals surface area contributed by atoms with Crippen LogP contribution in [-0.4, -0.2) is 23.6 Å². The van der Waals surface area contributed by atoms with Crippen molar-refractivity contribution in [3.05, 3.63) is 62.5 Å². The number of amides is 2. The lowest BCUT2D eigenvalue weighted by Gasteiger charge is -2.16. The summed E-state index contributed by atoms with van der Waals surface area (Å²) in [7, 11) is 0. The van der Waals surface area contributed by atoms with Crippen molar-refractivity contribution in [1.29, 1.82) is 0 Å². The topological polar surface area (TPSA) is 59.0 Å². The minimum Gasteiger partial charge on any atom is -0.381 e. The molecule has 1 saturated heterocycles. The van der Waals surface area contributed by atoms with E-state index in [1.54, 1.807) is 0 Å². The normalized spacial score (nSPS) is 22.0. The highest BCUT2D eigenvalue weighted by atomic mass is 79.9. The maximum absolute atomic E-state index is 12.9. The van der Waals surface area contributed by atoms with Gasteiger partial charge < -0.3 is 4.84 Å². The molecule has 2 amide bonds. The van der Waals surface area contributed by atoms with Gasteiger partial charge in [0.05, 0.1) is 5.69 Å². The van der Waals surface area contributed by atoms with Gasteiger partial charge in [0.1, 0.15) is 11.6 Å². The van der Waals surface area contributed by atoms with Crippen molar-refractivity contribution in [2.45, 2.75) is 6.10 Å². The zero-order chi connectivity index (χ0) is 17.7. The highest BCUT2D eigenvalue weighted by Gasteiger charge is 2.56. The van der Waals surface area contributed by atoms with Gasteiger partial charge in [-0.3, -0.25) is 9.59 Å². The smallest absolute Gasteiger partial charge is 0.278 e. The molecule has 8 heteroatoms. The molecule has 0 spiro atoms. The molecule has 0 aliphatic carbocycles. The standard InChI is InChI=1S/C17H9BrCl2N2O3/c18-9-3-1-8(2-4-9)14-13-15(25-21-14)17(24)22(16(13)23)12-6-10(19)5-11(20)7-12/h1-7,13,15H/t13-,15+/m0/s1. The van der Waals surface area contributed by atoms with E-state index in [0.717, 1.165) is 14.9 Å². The van der Waals surface area contributed by atoms with Crippen LogP contribution in [0.1, 0.15) is 5.56 Å². The Balaban J connectivity index is 1.72. The van der Waals surface area contributed by atoms with Gasteiger partial charge in [-0.25, -0.2) is 4.90 Å². The van der Waals surface area contributed by atoms with Crippen molar-refractivity contribution in [2.75, 3.05) is 4.90 Å². The van der Waals surface area contributed by atoms with Crippen LogP contribution in [-0.2, 0) is 14.4 Å². The summed E-state index contributed by atoms with van der Waals surface area (Å²) in [5, 5.41) is 4.64. The summed E-state index contributed by atoms with van der Waals surface area (Å²) >= 11 is 15.3. The average Bonchev–Trinajstić information content (AvgIpc) is 3.08. The van der Waals surface area contributed by atoms with Crippen LogP contribution in [0.3, 0.4) is 0 Å². The summed E-state index contributed by atoms with van der Waals surface area (Å²) in [6, 6.07) is 11.9. The van der Waals surface area contributed by atoms with Crippen molar-refractivity contribution in [2.24, 2.45) is 11.1 Å². The largest absolute Gasteiger partial charge is 0.381 e. The van der Waals surface area contributed by atoms with Gasteiger partial charge in [-0.15, -0.1) is 0 Å². The summed E-state index contributed by atoms with van der Waals surface area (Å²) in [5.74, 6) is -1.68. The SMILES string of the molecule is O=C1[C@H]2C(c3ccc(Br)cc3)=NO[C@H]2C(=O)N1c1cc(Cl)cc(Cl)c1. The Bertz CT molecular complexity index is 910. The average molecular weight is 440 g/mol. The van der Waals surface area contributed by atoms with E-state index in [1.165, 1.54) is 18.2 Å². The Labute approximate surface area is 161 Å². The monoisotopic (exact) mass is 438 g/mol. The van der Waals surface area contributed by atoms with Crippen molar-refractivity contribution in [3.63, 3.8) is 0 Å². The molecule has 5 nitrogen and oxygen atoms in total. The molecular weight excluding hydrogens is 431 g/mol. The fraction of sp³-hybridized carbons (Fsp3) is 0.118. The lowest BCUT2D eigenvalue weighted by molar-refractivity contribution is -0.126. The molecule has 0 N–H and O–H groups in total. The second-order valence-electron chi connectivity index (χ2n) is 5.63. The lowest BCUT2D eigenvalue weighted by atomic mass is 9.94. The number of carbonyl (C=O) groups is 2. The number of benzene rings is 2. The molecule has 0 radical (unpaired) electrons. The maximum Gasteiger partial charge on any atom is 0.278 e. The van der Waals surface area contributed by atoms with Gasteiger partial charge in [-0.1, -0.05) is 56.4 Å². The molecule has 2 heterocycles. The summed E-state index contributed by atoms with van der Waals surface area (Å²) < 4.78 is 0.899. The number of nitrogens with zero attached hydrogens (tertiary/aromatic N) is 2. The van der Waals surface area contributed by atoms with Crippen LogP contribution in [0, 0.1) is 5.92 Å². The van der Waals surface area contributed by atoms with Gasteiger partial charge >= 0.3 is 0 Å². The zero-order valence-corrected chi connectivity index (χ0v) is 15.5. The fourth-order valence-electron chi connectivity index (χ4n) is 2.96.